The van der Waals surface area contributed by atoms with Gasteiger partial charge >= 0.3 is 6.03 Å². The van der Waals surface area contributed by atoms with Crippen LogP contribution in [0.5, 0.6) is 0 Å². The zero-order valence-corrected chi connectivity index (χ0v) is 16.2. The molecule has 0 aliphatic carbocycles. The molecule has 0 unspecified atom stereocenters. The highest BCUT2D eigenvalue weighted by Crippen LogP contribution is 2.18. The lowest BCUT2D eigenvalue weighted by Crippen LogP contribution is -2.39. The summed E-state index contributed by atoms with van der Waals surface area (Å²) in [6.45, 7) is 8.37. The number of hydrogen-bond donors (Lipinski definition) is 2. The van der Waals surface area contributed by atoms with Gasteiger partial charge in [-0.3, -0.25) is 19.4 Å². The van der Waals surface area contributed by atoms with Gasteiger partial charge in [0, 0.05) is 38.9 Å². The number of aliphatic imine (C=N–C) groups is 1. The largest absolute Gasteiger partial charge is 0.357 e. The van der Waals surface area contributed by atoms with Crippen LogP contribution in [0.1, 0.15) is 37.9 Å². The molecule has 2 heterocycles. The summed E-state index contributed by atoms with van der Waals surface area (Å²) in [6.07, 6.45) is 2.03. The van der Waals surface area contributed by atoms with E-state index in [0.717, 1.165) is 23.8 Å². The van der Waals surface area contributed by atoms with Crippen molar-refractivity contribution in [1.29, 1.82) is 0 Å². The molecule has 1 aliphatic rings. The monoisotopic (exact) mass is 363 g/mol. The van der Waals surface area contributed by atoms with Crippen LogP contribution in [0.15, 0.2) is 11.2 Å². The van der Waals surface area contributed by atoms with E-state index in [-0.39, 0.29) is 25.0 Å². The number of carbonyl (C=O) groups is 2. The second-order valence-corrected chi connectivity index (χ2v) is 6.66. The van der Waals surface area contributed by atoms with Crippen LogP contribution in [0.2, 0.25) is 0 Å². The molecular formula is C17H29N7O2. The number of aromatic nitrogens is 2. The van der Waals surface area contributed by atoms with Crippen molar-refractivity contribution < 1.29 is 9.59 Å². The first kappa shape index (κ1) is 19.7. The van der Waals surface area contributed by atoms with Gasteiger partial charge in [-0.2, -0.15) is 5.10 Å². The van der Waals surface area contributed by atoms with Crippen LogP contribution in [0.4, 0.5) is 4.79 Å². The second kappa shape index (κ2) is 8.68. The van der Waals surface area contributed by atoms with Gasteiger partial charge in [0.05, 0.1) is 25.3 Å². The number of rotatable bonds is 7. The van der Waals surface area contributed by atoms with Crippen LogP contribution in [0.3, 0.4) is 0 Å². The molecule has 144 valence electrons. The van der Waals surface area contributed by atoms with Crippen LogP contribution in [-0.2, 0) is 18.4 Å². The maximum absolute atomic E-state index is 11.6. The van der Waals surface area contributed by atoms with E-state index in [1.807, 2.05) is 36.8 Å². The van der Waals surface area contributed by atoms with Gasteiger partial charge in [-0.25, -0.2) is 4.79 Å². The molecule has 0 bridgehead atoms. The molecule has 0 radical (unpaired) electrons. The van der Waals surface area contributed by atoms with E-state index >= 15 is 0 Å². The van der Waals surface area contributed by atoms with Crippen molar-refractivity contribution in [3.8, 4) is 0 Å². The summed E-state index contributed by atoms with van der Waals surface area (Å²) < 4.78 is 1.83. The molecule has 1 fully saturated rings. The number of hydrogen-bond acceptors (Lipinski definition) is 4. The Balaban J connectivity index is 2.03. The average Bonchev–Trinajstić information content (AvgIpc) is 3.10. The van der Waals surface area contributed by atoms with Gasteiger partial charge in [0.15, 0.2) is 5.96 Å². The first-order valence-corrected chi connectivity index (χ1v) is 8.93. The molecule has 0 spiro atoms. The molecule has 1 aromatic rings. The fraction of sp³-hybridized carbons (Fsp3) is 0.647. The highest BCUT2D eigenvalue weighted by molar-refractivity contribution is 6.01. The predicted molar refractivity (Wildman–Crippen MR) is 99.9 cm³/mol. The molecule has 1 aromatic heterocycles. The summed E-state index contributed by atoms with van der Waals surface area (Å²) in [4.78, 5) is 31.0. The zero-order chi connectivity index (χ0) is 19.3. The third-order valence-corrected chi connectivity index (χ3v) is 4.11. The highest BCUT2D eigenvalue weighted by atomic mass is 16.2. The normalized spacial score (nSPS) is 15.0. The maximum Gasteiger partial charge on any atom is 0.324 e. The number of nitrogens with one attached hydrogen (secondary N) is 2. The van der Waals surface area contributed by atoms with Crippen molar-refractivity contribution in [3.05, 3.63) is 17.5 Å². The van der Waals surface area contributed by atoms with Crippen molar-refractivity contribution >= 4 is 17.9 Å². The van der Waals surface area contributed by atoms with Crippen LogP contribution >= 0.6 is 0 Å². The maximum atomic E-state index is 11.6. The second-order valence-electron chi connectivity index (χ2n) is 6.66. The minimum atomic E-state index is -0.347. The van der Waals surface area contributed by atoms with E-state index in [2.05, 4.69) is 34.6 Å². The zero-order valence-electron chi connectivity index (χ0n) is 16.2. The van der Waals surface area contributed by atoms with Gasteiger partial charge < -0.3 is 15.5 Å². The molecule has 26 heavy (non-hydrogen) atoms. The van der Waals surface area contributed by atoms with Gasteiger partial charge in [-0.15, -0.1) is 0 Å². The smallest absolute Gasteiger partial charge is 0.324 e. The van der Waals surface area contributed by atoms with E-state index in [1.54, 1.807) is 0 Å². The van der Waals surface area contributed by atoms with Crippen LogP contribution in [-0.4, -0.2) is 70.7 Å². The highest BCUT2D eigenvalue weighted by Gasteiger charge is 2.27. The van der Waals surface area contributed by atoms with Crippen molar-refractivity contribution in [2.45, 2.75) is 33.2 Å². The molecule has 0 atom stereocenters. The standard InChI is InChI=1S/C17H29N7O2/c1-6-18-16(19-7-8-24-14(25)9-20-17(24)26)22(4)10-13-11-23(5)21-15(13)12(2)3/h11-12H,6-10H2,1-5H3,(H,18,19)(H,20,26). The Morgan fingerprint density at radius 2 is 2.19 bits per heavy atom. The van der Waals surface area contributed by atoms with Crippen molar-refractivity contribution in [2.75, 3.05) is 33.2 Å². The van der Waals surface area contributed by atoms with Gasteiger partial charge in [0.1, 0.15) is 0 Å². The number of guanidine groups is 1. The molecule has 9 nitrogen and oxygen atoms in total. The number of urea groups is 1. The molecule has 3 amide bonds. The van der Waals surface area contributed by atoms with Crippen molar-refractivity contribution in [2.24, 2.45) is 12.0 Å². The lowest BCUT2D eigenvalue weighted by atomic mass is 10.1. The summed E-state index contributed by atoms with van der Waals surface area (Å²) >= 11 is 0. The Labute approximate surface area is 154 Å². The molecule has 0 saturated carbocycles. The number of nitrogens with zero attached hydrogens (tertiary/aromatic N) is 5. The van der Waals surface area contributed by atoms with Crippen LogP contribution in [0.25, 0.3) is 0 Å². The topological polar surface area (TPSA) is 94.9 Å². The summed E-state index contributed by atoms with van der Waals surface area (Å²) in [6, 6.07) is -0.347. The van der Waals surface area contributed by atoms with E-state index in [0.29, 0.717) is 19.0 Å². The Morgan fingerprint density at radius 1 is 1.46 bits per heavy atom. The summed E-state index contributed by atoms with van der Waals surface area (Å²) in [5.41, 5.74) is 2.24. The molecule has 2 rings (SSSR count). The van der Waals surface area contributed by atoms with E-state index in [9.17, 15) is 9.59 Å². The van der Waals surface area contributed by atoms with Crippen molar-refractivity contribution in [3.63, 3.8) is 0 Å². The van der Waals surface area contributed by atoms with Crippen LogP contribution in [0, 0.1) is 0 Å². The number of aryl methyl sites for hydroxylation is 1. The van der Waals surface area contributed by atoms with Crippen molar-refractivity contribution in [1.82, 2.24) is 30.2 Å². The van der Waals surface area contributed by atoms with E-state index in [4.69, 9.17) is 0 Å². The van der Waals surface area contributed by atoms with Gasteiger partial charge in [0.25, 0.3) is 0 Å². The lowest BCUT2D eigenvalue weighted by Gasteiger charge is -2.22. The first-order valence-electron chi connectivity index (χ1n) is 8.93. The number of imide groups is 1. The molecular weight excluding hydrogens is 334 g/mol. The lowest BCUT2D eigenvalue weighted by molar-refractivity contribution is -0.124. The number of amides is 3. The quantitative estimate of drug-likeness (QED) is 0.418. The molecule has 1 saturated heterocycles. The fourth-order valence-electron chi connectivity index (χ4n) is 2.90. The van der Waals surface area contributed by atoms with Gasteiger partial charge in [-0.1, -0.05) is 13.8 Å². The van der Waals surface area contributed by atoms with E-state index < -0.39 is 0 Å². The minimum absolute atomic E-state index is 0.0709. The van der Waals surface area contributed by atoms with Gasteiger partial charge in [0.2, 0.25) is 5.91 Å². The predicted octanol–water partition coefficient (Wildman–Crippen LogP) is 0.493. The summed E-state index contributed by atoms with van der Waals surface area (Å²) in [5.74, 6) is 0.873. The third kappa shape index (κ3) is 4.74. The third-order valence-electron chi connectivity index (χ3n) is 4.11. The SMILES string of the molecule is CCNC(=NCCN1C(=O)CNC1=O)N(C)Cc1cn(C)nc1C(C)C. The van der Waals surface area contributed by atoms with Gasteiger partial charge in [-0.05, 0) is 12.8 Å². The molecule has 0 aromatic carbocycles. The Bertz CT molecular complexity index is 665. The molecule has 1 aliphatic heterocycles. The average molecular weight is 363 g/mol. The Kier molecular flexibility index (Phi) is 6.59. The number of carbonyl (C=O) groups excluding carboxylic acids is 2. The molecule has 2 N–H and O–H groups in total. The first-order chi connectivity index (χ1) is 12.3. The minimum Gasteiger partial charge on any atom is -0.357 e. The molecule has 9 heteroatoms. The van der Waals surface area contributed by atoms with Crippen LogP contribution < -0.4 is 10.6 Å². The summed E-state index contributed by atoms with van der Waals surface area (Å²) in [5, 5.41) is 10.3. The van der Waals surface area contributed by atoms with E-state index in [1.165, 1.54) is 4.90 Å². The summed E-state index contributed by atoms with van der Waals surface area (Å²) in [7, 11) is 3.89. The Morgan fingerprint density at radius 3 is 2.77 bits per heavy atom. The fourth-order valence-corrected chi connectivity index (χ4v) is 2.90. The Hall–Kier alpha value is -2.58.